The maximum atomic E-state index is 5.88. The van der Waals surface area contributed by atoms with E-state index in [1.807, 2.05) is 60.0 Å². The number of aryl methyl sites for hydroxylation is 1. The monoisotopic (exact) mass is 268 g/mol. The van der Waals surface area contributed by atoms with E-state index in [1.54, 1.807) is 7.11 Å². The molecule has 0 saturated carbocycles. The SMILES string of the molecule is COc1c(C)nc2c(OCc3ccccc3)cccn12. The molecule has 2 heterocycles. The summed E-state index contributed by atoms with van der Waals surface area (Å²) in [5.41, 5.74) is 2.76. The lowest BCUT2D eigenvalue weighted by Gasteiger charge is -2.07. The van der Waals surface area contributed by atoms with Crippen molar-refractivity contribution in [2.45, 2.75) is 13.5 Å². The van der Waals surface area contributed by atoms with Gasteiger partial charge in [-0.05, 0) is 24.6 Å². The van der Waals surface area contributed by atoms with Crippen LogP contribution >= 0.6 is 0 Å². The minimum Gasteiger partial charge on any atom is -0.485 e. The molecule has 0 aliphatic rings. The fraction of sp³-hybridized carbons (Fsp3) is 0.188. The maximum Gasteiger partial charge on any atom is 0.221 e. The first kappa shape index (κ1) is 12.5. The van der Waals surface area contributed by atoms with Gasteiger partial charge in [-0.3, -0.25) is 4.40 Å². The fourth-order valence-electron chi connectivity index (χ4n) is 2.23. The van der Waals surface area contributed by atoms with Gasteiger partial charge in [-0.25, -0.2) is 4.98 Å². The Morgan fingerprint density at radius 3 is 2.65 bits per heavy atom. The van der Waals surface area contributed by atoms with Crippen molar-refractivity contribution in [1.29, 1.82) is 0 Å². The molecule has 0 saturated heterocycles. The summed E-state index contributed by atoms with van der Waals surface area (Å²) in [4.78, 5) is 4.51. The number of pyridine rings is 1. The zero-order valence-corrected chi connectivity index (χ0v) is 11.5. The molecule has 3 rings (SSSR count). The van der Waals surface area contributed by atoms with Crippen molar-refractivity contribution in [2.75, 3.05) is 7.11 Å². The molecule has 102 valence electrons. The molecular weight excluding hydrogens is 252 g/mol. The van der Waals surface area contributed by atoms with Gasteiger partial charge in [-0.1, -0.05) is 30.3 Å². The molecular formula is C16H16N2O2. The highest BCUT2D eigenvalue weighted by Crippen LogP contribution is 2.26. The zero-order chi connectivity index (χ0) is 13.9. The number of methoxy groups -OCH3 is 1. The van der Waals surface area contributed by atoms with Gasteiger partial charge < -0.3 is 9.47 Å². The smallest absolute Gasteiger partial charge is 0.221 e. The summed E-state index contributed by atoms with van der Waals surface area (Å²) in [6.07, 6.45) is 1.92. The average Bonchev–Trinajstić information content (AvgIpc) is 2.82. The van der Waals surface area contributed by atoms with E-state index in [2.05, 4.69) is 4.98 Å². The van der Waals surface area contributed by atoms with Gasteiger partial charge in [0.05, 0.1) is 7.11 Å². The summed E-state index contributed by atoms with van der Waals surface area (Å²) in [6, 6.07) is 13.9. The Morgan fingerprint density at radius 1 is 1.10 bits per heavy atom. The minimum absolute atomic E-state index is 0.523. The van der Waals surface area contributed by atoms with Gasteiger partial charge in [-0.15, -0.1) is 0 Å². The molecule has 0 radical (unpaired) electrons. The van der Waals surface area contributed by atoms with Crippen LogP contribution in [0.5, 0.6) is 11.6 Å². The van der Waals surface area contributed by atoms with E-state index < -0.39 is 0 Å². The van der Waals surface area contributed by atoms with Crippen molar-refractivity contribution in [3.63, 3.8) is 0 Å². The summed E-state index contributed by atoms with van der Waals surface area (Å²) in [5.74, 6) is 1.49. The van der Waals surface area contributed by atoms with E-state index in [4.69, 9.17) is 9.47 Å². The Hall–Kier alpha value is -2.49. The van der Waals surface area contributed by atoms with Crippen LogP contribution in [-0.4, -0.2) is 16.5 Å². The number of rotatable bonds is 4. The first-order chi connectivity index (χ1) is 9.79. The molecule has 2 aromatic heterocycles. The van der Waals surface area contributed by atoms with E-state index in [9.17, 15) is 0 Å². The van der Waals surface area contributed by atoms with Crippen molar-refractivity contribution in [3.05, 3.63) is 59.9 Å². The molecule has 0 spiro atoms. The Labute approximate surface area is 117 Å². The van der Waals surface area contributed by atoms with Crippen LogP contribution in [0.25, 0.3) is 5.65 Å². The van der Waals surface area contributed by atoms with Crippen LogP contribution in [0, 0.1) is 6.92 Å². The zero-order valence-electron chi connectivity index (χ0n) is 11.5. The highest BCUT2D eigenvalue weighted by molar-refractivity contribution is 5.57. The molecule has 4 heteroatoms. The average molecular weight is 268 g/mol. The number of aromatic nitrogens is 2. The van der Waals surface area contributed by atoms with Crippen LogP contribution < -0.4 is 9.47 Å². The Kier molecular flexibility index (Phi) is 3.29. The van der Waals surface area contributed by atoms with Gasteiger partial charge in [0.15, 0.2) is 11.4 Å². The number of fused-ring (bicyclic) bond motifs is 1. The van der Waals surface area contributed by atoms with Gasteiger partial charge in [-0.2, -0.15) is 0 Å². The van der Waals surface area contributed by atoms with Crippen molar-refractivity contribution in [3.8, 4) is 11.6 Å². The number of hydrogen-bond donors (Lipinski definition) is 0. The van der Waals surface area contributed by atoms with Gasteiger partial charge >= 0.3 is 0 Å². The minimum atomic E-state index is 0.523. The topological polar surface area (TPSA) is 35.8 Å². The third kappa shape index (κ3) is 2.20. The molecule has 0 N–H and O–H groups in total. The van der Waals surface area contributed by atoms with Crippen LogP contribution in [0.4, 0.5) is 0 Å². The van der Waals surface area contributed by atoms with Crippen LogP contribution in [0.15, 0.2) is 48.7 Å². The van der Waals surface area contributed by atoms with E-state index >= 15 is 0 Å². The Morgan fingerprint density at radius 2 is 1.90 bits per heavy atom. The molecule has 0 fully saturated rings. The van der Waals surface area contributed by atoms with Crippen LogP contribution in [-0.2, 0) is 6.61 Å². The quantitative estimate of drug-likeness (QED) is 0.728. The van der Waals surface area contributed by atoms with Crippen LogP contribution in [0.2, 0.25) is 0 Å². The van der Waals surface area contributed by atoms with Gasteiger partial charge in [0, 0.05) is 6.20 Å². The normalized spacial score (nSPS) is 10.7. The summed E-state index contributed by atoms with van der Waals surface area (Å²) < 4.78 is 13.1. The third-order valence-corrected chi connectivity index (χ3v) is 3.16. The van der Waals surface area contributed by atoms with E-state index in [0.717, 1.165) is 28.5 Å². The van der Waals surface area contributed by atoms with Gasteiger partial charge in [0.2, 0.25) is 5.88 Å². The number of benzene rings is 1. The Balaban J connectivity index is 1.92. The first-order valence-corrected chi connectivity index (χ1v) is 6.48. The molecule has 0 aliphatic heterocycles. The number of nitrogens with zero attached hydrogens (tertiary/aromatic N) is 2. The van der Waals surface area contributed by atoms with Crippen LogP contribution in [0.1, 0.15) is 11.3 Å². The van der Waals surface area contributed by atoms with Crippen molar-refractivity contribution in [1.82, 2.24) is 9.38 Å². The van der Waals surface area contributed by atoms with Crippen molar-refractivity contribution in [2.24, 2.45) is 0 Å². The van der Waals surface area contributed by atoms with Gasteiger partial charge in [0.25, 0.3) is 0 Å². The summed E-state index contributed by atoms with van der Waals surface area (Å²) in [5, 5.41) is 0. The molecule has 0 amide bonds. The lowest BCUT2D eigenvalue weighted by Crippen LogP contribution is -1.98. The lowest BCUT2D eigenvalue weighted by atomic mass is 10.2. The first-order valence-electron chi connectivity index (χ1n) is 6.48. The molecule has 1 aromatic carbocycles. The third-order valence-electron chi connectivity index (χ3n) is 3.16. The molecule has 0 aliphatic carbocycles. The number of imidazole rings is 1. The van der Waals surface area contributed by atoms with Crippen molar-refractivity contribution >= 4 is 5.65 Å². The van der Waals surface area contributed by atoms with Crippen LogP contribution in [0.3, 0.4) is 0 Å². The highest BCUT2D eigenvalue weighted by Gasteiger charge is 2.12. The summed E-state index contributed by atoms with van der Waals surface area (Å²) in [6.45, 7) is 2.45. The molecule has 0 unspecified atom stereocenters. The number of hydrogen-bond acceptors (Lipinski definition) is 3. The molecule has 0 bridgehead atoms. The van der Waals surface area contributed by atoms with Gasteiger partial charge in [0.1, 0.15) is 12.3 Å². The predicted molar refractivity (Wildman–Crippen MR) is 77.3 cm³/mol. The summed E-state index contributed by atoms with van der Waals surface area (Å²) >= 11 is 0. The number of ether oxygens (including phenoxy) is 2. The second-order valence-electron chi connectivity index (χ2n) is 4.55. The lowest BCUT2D eigenvalue weighted by molar-refractivity contribution is 0.307. The predicted octanol–water partition coefficient (Wildman–Crippen LogP) is 3.23. The van der Waals surface area contributed by atoms with E-state index in [0.29, 0.717) is 6.61 Å². The molecule has 4 nitrogen and oxygen atoms in total. The fourth-order valence-corrected chi connectivity index (χ4v) is 2.23. The summed E-state index contributed by atoms with van der Waals surface area (Å²) in [7, 11) is 1.65. The maximum absolute atomic E-state index is 5.88. The van der Waals surface area contributed by atoms with E-state index in [1.165, 1.54) is 0 Å². The largest absolute Gasteiger partial charge is 0.485 e. The molecule has 0 atom stereocenters. The highest BCUT2D eigenvalue weighted by atomic mass is 16.5. The second kappa shape index (κ2) is 5.25. The van der Waals surface area contributed by atoms with E-state index in [-0.39, 0.29) is 0 Å². The Bertz CT molecular complexity index is 720. The second-order valence-corrected chi connectivity index (χ2v) is 4.55. The molecule has 3 aromatic rings. The molecule has 20 heavy (non-hydrogen) atoms. The standard InChI is InChI=1S/C16H16N2O2/c1-12-16(19-2)18-10-6-9-14(15(18)17-12)20-11-13-7-4-3-5-8-13/h3-10H,11H2,1-2H3. The van der Waals surface area contributed by atoms with Crippen molar-refractivity contribution < 1.29 is 9.47 Å².